The molecule has 0 fully saturated rings. The van der Waals surface area contributed by atoms with Crippen molar-refractivity contribution in [3.8, 4) is 11.5 Å². The first-order chi connectivity index (χ1) is 13.7. The maximum Gasteiger partial charge on any atom is 0.216 e. The molecule has 0 atom stereocenters. The molecule has 2 aromatic heterocycles. The molecule has 4 aromatic rings. The lowest BCUT2D eigenvalue weighted by Gasteiger charge is -2.29. The lowest BCUT2D eigenvalue weighted by Crippen LogP contribution is -2.32. The number of methoxy groups -OCH3 is 2. The van der Waals surface area contributed by atoms with Crippen molar-refractivity contribution in [1.82, 2.24) is 19.1 Å². The Hall–Kier alpha value is -2.42. The molecule has 0 spiro atoms. The molecule has 144 valence electrons. The molecule has 2 aromatic carbocycles. The van der Waals surface area contributed by atoms with E-state index >= 15 is 0 Å². The van der Waals surface area contributed by atoms with E-state index in [0.29, 0.717) is 6.67 Å². The molecule has 0 aliphatic carbocycles. The van der Waals surface area contributed by atoms with E-state index in [9.17, 15) is 0 Å². The minimum Gasteiger partial charge on any atom is -0.493 e. The SMILES string of the molecule is COc1cc2c(cc1OC)CN(Cn1nc3sc4ccccc4n3c1=S)CC2. The van der Waals surface area contributed by atoms with Crippen molar-refractivity contribution in [3.63, 3.8) is 0 Å². The zero-order valence-electron chi connectivity index (χ0n) is 15.7. The predicted octanol–water partition coefficient (Wildman–Crippen LogP) is 4.11. The topological polar surface area (TPSA) is 43.9 Å². The van der Waals surface area contributed by atoms with Gasteiger partial charge < -0.3 is 9.47 Å². The number of nitrogens with zero attached hydrogens (tertiary/aromatic N) is 4. The summed E-state index contributed by atoms with van der Waals surface area (Å²) >= 11 is 7.41. The number of benzene rings is 2. The van der Waals surface area contributed by atoms with Crippen LogP contribution < -0.4 is 9.47 Å². The van der Waals surface area contributed by atoms with Crippen LogP contribution in [0.3, 0.4) is 0 Å². The van der Waals surface area contributed by atoms with Crippen molar-refractivity contribution >= 4 is 38.7 Å². The van der Waals surface area contributed by atoms with Gasteiger partial charge in [-0.3, -0.25) is 9.30 Å². The van der Waals surface area contributed by atoms with Gasteiger partial charge in [-0.25, -0.2) is 4.68 Å². The highest BCUT2D eigenvalue weighted by Crippen LogP contribution is 2.33. The van der Waals surface area contributed by atoms with Gasteiger partial charge in [-0.2, -0.15) is 0 Å². The average Bonchev–Trinajstić information content (AvgIpc) is 3.23. The van der Waals surface area contributed by atoms with Crippen LogP contribution in [0.15, 0.2) is 36.4 Å². The quantitative estimate of drug-likeness (QED) is 0.472. The highest BCUT2D eigenvalue weighted by Gasteiger charge is 2.21. The molecule has 0 unspecified atom stereocenters. The highest BCUT2D eigenvalue weighted by molar-refractivity contribution is 7.71. The average molecular weight is 413 g/mol. The number of hydrogen-bond donors (Lipinski definition) is 0. The molecule has 8 heteroatoms. The fraction of sp³-hybridized carbons (Fsp3) is 0.300. The maximum absolute atomic E-state index is 5.73. The van der Waals surface area contributed by atoms with E-state index < -0.39 is 0 Å². The minimum absolute atomic E-state index is 0.676. The monoisotopic (exact) mass is 412 g/mol. The Morgan fingerprint density at radius 1 is 1.11 bits per heavy atom. The van der Waals surface area contributed by atoms with Crippen LogP contribution in [0.4, 0.5) is 0 Å². The Bertz CT molecular complexity index is 1240. The molecule has 1 aliphatic heterocycles. The molecule has 0 saturated carbocycles. The van der Waals surface area contributed by atoms with E-state index in [2.05, 4.69) is 33.6 Å². The Labute approximate surface area is 171 Å². The van der Waals surface area contributed by atoms with Crippen molar-refractivity contribution in [3.05, 3.63) is 52.3 Å². The van der Waals surface area contributed by atoms with Gasteiger partial charge in [0.2, 0.25) is 9.73 Å². The lowest BCUT2D eigenvalue weighted by atomic mass is 9.99. The molecule has 5 rings (SSSR count). The zero-order valence-corrected chi connectivity index (χ0v) is 17.3. The van der Waals surface area contributed by atoms with E-state index in [1.807, 2.05) is 16.8 Å². The fourth-order valence-corrected chi connectivity index (χ4v) is 5.19. The van der Waals surface area contributed by atoms with Gasteiger partial charge >= 0.3 is 0 Å². The maximum atomic E-state index is 5.73. The Morgan fingerprint density at radius 2 is 1.86 bits per heavy atom. The summed E-state index contributed by atoms with van der Waals surface area (Å²) in [5.74, 6) is 1.56. The molecule has 0 radical (unpaired) electrons. The highest BCUT2D eigenvalue weighted by atomic mass is 32.1. The van der Waals surface area contributed by atoms with Gasteiger partial charge in [0.15, 0.2) is 11.5 Å². The van der Waals surface area contributed by atoms with E-state index in [0.717, 1.165) is 46.3 Å². The number of hydrogen-bond acceptors (Lipinski definition) is 6. The first-order valence-electron chi connectivity index (χ1n) is 9.11. The number of para-hydroxylation sites is 1. The summed E-state index contributed by atoms with van der Waals surface area (Å²) in [6, 6.07) is 12.5. The molecule has 0 bridgehead atoms. The molecule has 3 heterocycles. The van der Waals surface area contributed by atoms with Gasteiger partial charge in [0.1, 0.15) is 0 Å². The molecular formula is C20H20N4O2S2. The van der Waals surface area contributed by atoms with Gasteiger partial charge in [0, 0.05) is 13.1 Å². The number of ether oxygens (including phenoxy) is 2. The lowest BCUT2D eigenvalue weighted by molar-refractivity contribution is 0.188. The van der Waals surface area contributed by atoms with Crippen LogP contribution in [0.5, 0.6) is 11.5 Å². The standard InChI is InChI=1S/C20H20N4O2S2/c1-25-16-9-13-7-8-22(11-14(13)10-17(16)26-2)12-23-20(27)24-15-5-3-4-6-18(15)28-19(24)21-23/h3-6,9-10H,7-8,11-12H2,1-2H3. The molecule has 28 heavy (non-hydrogen) atoms. The number of thiazole rings is 1. The first kappa shape index (κ1) is 17.7. The summed E-state index contributed by atoms with van der Waals surface area (Å²) in [4.78, 5) is 3.30. The molecule has 0 saturated heterocycles. The second-order valence-electron chi connectivity index (χ2n) is 6.89. The summed E-state index contributed by atoms with van der Waals surface area (Å²) in [6.07, 6.45) is 0.966. The van der Waals surface area contributed by atoms with Crippen LogP contribution >= 0.6 is 23.6 Å². The van der Waals surface area contributed by atoms with Crippen LogP contribution in [-0.2, 0) is 19.6 Å². The van der Waals surface area contributed by atoms with E-state index in [1.54, 1.807) is 25.6 Å². The smallest absolute Gasteiger partial charge is 0.216 e. The van der Waals surface area contributed by atoms with Crippen LogP contribution in [0.2, 0.25) is 0 Å². The Kier molecular flexibility index (Phi) is 4.34. The third kappa shape index (κ3) is 2.80. The summed E-state index contributed by atoms with van der Waals surface area (Å²) in [7, 11) is 3.35. The first-order valence-corrected chi connectivity index (χ1v) is 10.3. The van der Waals surface area contributed by atoms with Gasteiger partial charge in [0.25, 0.3) is 0 Å². The predicted molar refractivity (Wildman–Crippen MR) is 113 cm³/mol. The number of fused-ring (bicyclic) bond motifs is 4. The molecule has 0 N–H and O–H groups in total. The summed E-state index contributed by atoms with van der Waals surface area (Å²) in [5.41, 5.74) is 3.70. The summed E-state index contributed by atoms with van der Waals surface area (Å²) in [6.45, 7) is 2.47. The molecular weight excluding hydrogens is 392 g/mol. The van der Waals surface area contributed by atoms with Gasteiger partial charge in [-0.05, 0) is 54.0 Å². The number of aromatic nitrogens is 3. The van der Waals surface area contributed by atoms with Crippen molar-refractivity contribution in [2.45, 2.75) is 19.6 Å². The zero-order chi connectivity index (χ0) is 19.3. The van der Waals surface area contributed by atoms with Crippen molar-refractivity contribution in [2.24, 2.45) is 0 Å². The number of rotatable bonds is 4. The van der Waals surface area contributed by atoms with E-state index in [4.69, 9.17) is 26.8 Å². The van der Waals surface area contributed by atoms with E-state index in [1.165, 1.54) is 15.8 Å². The van der Waals surface area contributed by atoms with Crippen molar-refractivity contribution < 1.29 is 9.47 Å². The van der Waals surface area contributed by atoms with Gasteiger partial charge in [-0.15, -0.1) is 5.10 Å². The second-order valence-corrected chi connectivity index (χ2v) is 8.26. The molecule has 0 amide bonds. The third-order valence-corrected chi connectivity index (χ3v) is 6.65. The fourth-order valence-electron chi connectivity index (χ4n) is 3.83. The van der Waals surface area contributed by atoms with Crippen molar-refractivity contribution in [1.29, 1.82) is 0 Å². The van der Waals surface area contributed by atoms with Crippen LogP contribution in [0.1, 0.15) is 11.1 Å². The summed E-state index contributed by atoms with van der Waals surface area (Å²) in [5, 5.41) is 4.77. The Morgan fingerprint density at radius 3 is 2.64 bits per heavy atom. The van der Waals surface area contributed by atoms with Gasteiger partial charge in [-0.1, -0.05) is 23.5 Å². The van der Waals surface area contributed by atoms with Crippen LogP contribution in [-0.4, -0.2) is 39.8 Å². The molecule has 1 aliphatic rings. The summed E-state index contributed by atoms with van der Waals surface area (Å²) < 4.78 is 16.8. The Balaban J connectivity index is 1.45. The van der Waals surface area contributed by atoms with Gasteiger partial charge in [0.05, 0.1) is 31.1 Å². The molecule has 6 nitrogen and oxygen atoms in total. The third-order valence-electron chi connectivity index (χ3n) is 5.25. The minimum atomic E-state index is 0.676. The van der Waals surface area contributed by atoms with Crippen molar-refractivity contribution in [2.75, 3.05) is 20.8 Å². The van der Waals surface area contributed by atoms with Crippen LogP contribution in [0.25, 0.3) is 15.2 Å². The van der Waals surface area contributed by atoms with Crippen LogP contribution in [0, 0.1) is 4.77 Å². The normalized spacial score (nSPS) is 14.5. The largest absolute Gasteiger partial charge is 0.493 e. The van der Waals surface area contributed by atoms with E-state index in [-0.39, 0.29) is 0 Å². The second kappa shape index (κ2) is 6.88.